The van der Waals surface area contributed by atoms with Crippen molar-refractivity contribution in [3.63, 3.8) is 0 Å². The standard InChI is InChI=1S/C13H11N3O/c14-7-12-16-13-11(17-12)6-10(8-15-13)9-4-2-1-3-5-9/h1-6,8H,7,14H2. The number of hydrogen-bond donors (Lipinski definition) is 1. The van der Waals surface area contributed by atoms with Gasteiger partial charge in [0, 0.05) is 11.8 Å². The Hall–Kier alpha value is -2.20. The van der Waals surface area contributed by atoms with E-state index in [0.717, 1.165) is 11.1 Å². The summed E-state index contributed by atoms with van der Waals surface area (Å²) in [6.07, 6.45) is 1.79. The zero-order valence-corrected chi connectivity index (χ0v) is 9.13. The lowest BCUT2D eigenvalue weighted by atomic mass is 10.1. The number of nitrogens with zero attached hydrogens (tertiary/aromatic N) is 2. The van der Waals surface area contributed by atoms with E-state index in [1.54, 1.807) is 6.20 Å². The molecule has 17 heavy (non-hydrogen) atoms. The lowest BCUT2D eigenvalue weighted by molar-refractivity contribution is 0.533. The Kier molecular flexibility index (Phi) is 2.34. The van der Waals surface area contributed by atoms with E-state index >= 15 is 0 Å². The first-order chi connectivity index (χ1) is 8.36. The van der Waals surface area contributed by atoms with E-state index in [0.29, 0.717) is 17.1 Å². The third kappa shape index (κ3) is 1.79. The Morgan fingerprint density at radius 3 is 2.71 bits per heavy atom. The first-order valence-electron chi connectivity index (χ1n) is 5.38. The number of rotatable bonds is 2. The van der Waals surface area contributed by atoms with Crippen molar-refractivity contribution in [1.29, 1.82) is 0 Å². The van der Waals surface area contributed by atoms with Crippen LogP contribution >= 0.6 is 0 Å². The van der Waals surface area contributed by atoms with Crippen LogP contribution in [0.5, 0.6) is 0 Å². The van der Waals surface area contributed by atoms with Crippen molar-refractivity contribution in [1.82, 2.24) is 9.97 Å². The quantitative estimate of drug-likeness (QED) is 0.727. The van der Waals surface area contributed by atoms with Crippen LogP contribution in [0.3, 0.4) is 0 Å². The van der Waals surface area contributed by atoms with Gasteiger partial charge in [-0.25, -0.2) is 4.98 Å². The van der Waals surface area contributed by atoms with Crippen molar-refractivity contribution in [2.45, 2.75) is 6.54 Å². The molecule has 2 aromatic heterocycles. The van der Waals surface area contributed by atoms with Crippen molar-refractivity contribution in [3.8, 4) is 11.1 Å². The van der Waals surface area contributed by atoms with Gasteiger partial charge in [0.15, 0.2) is 11.2 Å². The molecule has 3 rings (SSSR count). The minimum Gasteiger partial charge on any atom is -0.438 e. The zero-order valence-electron chi connectivity index (χ0n) is 9.13. The molecule has 0 aliphatic rings. The lowest BCUT2D eigenvalue weighted by Gasteiger charge is -1.98. The molecule has 0 fully saturated rings. The highest BCUT2D eigenvalue weighted by Gasteiger charge is 2.07. The molecule has 1 aromatic carbocycles. The second kappa shape index (κ2) is 3.99. The SMILES string of the molecule is NCc1nc2ncc(-c3ccccc3)cc2o1. The molecular formula is C13H11N3O. The van der Waals surface area contributed by atoms with Crippen LogP contribution in [0, 0.1) is 0 Å². The normalized spacial score (nSPS) is 10.9. The van der Waals surface area contributed by atoms with E-state index in [4.69, 9.17) is 10.2 Å². The highest BCUT2D eigenvalue weighted by atomic mass is 16.3. The average molecular weight is 225 g/mol. The molecule has 0 saturated heterocycles. The minimum absolute atomic E-state index is 0.289. The van der Waals surface area contributed by atoms with Crippen LogP contribution in [-0.4, -0.2) is 9.97 Å². The summed E-state index contributed by atoms with van der Waals surface area (Å²) in [7, 11) is 0. The number of oxazole rings is 1. The smallest absolute Gasteiger partial charge is 0.210 e. The van der Waals surface area contributed by atoms with Crippen molar-refractivity contribution >= 4 is 11.2 Å². The van der Waals surface area contributed by atoms with Crippen LogP contribution in [0.2, 0.25) is 0 Å². The molecule has 2 heterocycles. The predicted molar refractivity (Wildman–Crippen MR) is 65.1 cm³/mol. The fourth-order valence-corrected chi connectivity index (χ4v) is 1.74. The fourth-order valence-electron chi connectivity index (χ4n) is 1.74. The van der Waals surface area contributed by atoms with Crippen LogP contribution in [0.25, 0.3) is 22.4 Å². The van der Waals surface area contributed by atoms with E-state index < -0.39 is 0 Å². The van der Waals surface area contributed by atoms with Crippen LogP contribution in [0.4, 0.5) is 0 Å². The second-order valence-electron chi connectivity index (χ2n) is 3.72. The van der Waals surface area contributed by atoms with Gasteiger partial charge in [0.05, 0.1) is 6.54 Å². The number of hydrogen-bond acceptors (Lipinski definition) is 4. The van der Waals surface area contributed by atoms with Gasteiger partial charge < -0.3 is 10.2 Å². The molecule has 3 aromatic rings. The first kappa shape index (κ1) is 9.99. The number of benzene rings is 1. The van der Waals surface area contributed by atoms with Gasteiger partial charge in [-0.3, -0.25) is 0 Å². The molecule has 4 heteroatoms. The predicted octanol–water partition coefficient (Wildman–Crippen LogP) is 2.35. The lowest BCUT2D eigenvalue weighted by Crippen LogP contribution is -1.95. The summed E-state index contributed by atoms with van der Waals surface area (Å²) in [6, 6.07) is 12.0. The highest BCUT2D eigenvalue weighted by molar-refractivity contribution is 5.76. The Bertz CT molecular complexity index is 646. The van der Waals surface area contributed by atoms with Gasteiger partial charge >= 0.3 is 0 Å². The Balaban J connectivity index is 2.13. The maximum absolute atomic E-state index is 5.48. The van der Waals surface area contributed by atoms with Crippen LogP contribution in [0.15, 0.2) is 47.0 Å². The van der Waals surface area contributed by atoms with Crippen molar-refractivity contribution in [2.24, 2.45) is 5.73 Å². The van der Waals surface area contributed by atoms with Gasteiger partial charge in [0.2, 0.25) is 5.89 Å². The van der Waals surface area contributed by atoms with Gasteiger partial charge in [-0.2, -0.15) is 4.98 Å². The van der Waals surface area contributed by atoms with Crippen molar-refractivity contribution in [2.75, 3.05) is 0 Å². The molecule has 0 unspecified atom stereocenters. The topological polar surface area (TPSA) is 64.9 Å². The highest BCUT2D eigenvalue weighted by Crippen LogP contribution is 2.22. The summed E-state index contributed by atoms with van der Waals surface area (Å²) in [5.74, 6) is 0.512. The molecule has 0 aliphatic carbocycles. The van der Waals surface area contributed by atoms with Crippen LogP contribution in [-0.2, 0) is 6.54 Å². The van der Waals surface area contributed by atoms with E-state index in [-0.39, 0.29) is 6.54 Å². The van der Waals surface area contributed by atoms with E-state index in [1.807, 2.05) is 36.4 Å². The number of aromatic nitrogens is 2. The Labute approximate surface area is 98.1 Å². The molecule has 0 amide bonds. The minimum atomic E-state index is 0.289. The maximum atomic E-state index is 5.48. The summed E-state index contributed by atoms with van der Waals surface area (Å²) in [6.45, 7) is 0.289. The molecule has 2 N–H and O–H groups in total. The first-order valence-corrected chi connectivity index (χ1v) is 5.38. The van der Waals surface area contributed by atoms with Crippen LogP contribution < -0.4 is 5.73 Å². The number of fused-ring (bicyclic) bond motifs is 1. The van der Waals surface area contributed by atoms with Crippen LogP contribution in [0.1, 0.15) is 5.89 Å². The summed E-state index contributed by atoms with van der Waals surface area (Å²) in [4.78, 5) is 8.43. The third-order valence-corrected chi connectivity index (χ3v) is 2.57. The molecule has 84 valence electrons. The molecule has 0 radical (unpaired) electrons. The van der Waals surface area contributed by atoms with Gasteiger partial charge in [-0.05, 0) is 11.6 Å². The molecule has 0 spiro atoms. The van der Waals surface area contributed by atoms with Gasteiger partial charge in [0.1, 0.15) is 0 Å². The van der Waals surface area contributed by atoms with E-state index in [2.05, 4.69) is 9.97 Å². The number of pyridine rings is 1. The molecule has 0 aliphatic heterocycles. The number of nitrogens with two attached hydrogens (primary N) is 1. The molecule has 4 nitrogen and oxygen atoms in total. The monoisotopic (exact) mass is 225 g/mol. The molecule has 0 atom stereocenters. The zero-order chi connectivity index (χ0) is 11.7. The van der Waals surface area contributed by atoms with E-state index in [9.17, 15) is 0 Å². The molecule has 0 bridgehead atoms. The maximum Gasteiger partial charge on any atom is 0.210 e. The summed E-state index contributed by atoms with van der Waals surface area (Å²) >= 11 is 0. The fraction of sp³-hybridized carbons (Fsp3) is 0.0769. The van der Waals surface area contributed by atoms with Gasteiger partial charge in [-0.1, -0.05) is 30.3 Å². The molecule has 0 saturated carbocycles. The second-order valence-corrected chi connectivity index (χ2v) is 3.72. The van der Waals surface area contributed by atoms with Crippen molar-refractivity contribution in [3.05, 3.63) is 48.5 Å². The Morgan fingerprint density at radius 2 is 1.94 bits per heavy atom. The van der Waals surface area contributed by atoms with E-state index in [1.165, 1.54) is 0 Å². The molecular weight excluding hydrogens is 214 g/mol. The average Bonchev–Trinajstić information content (AvgIpc) is 2.81. The van der Waals surface area contributed by atoms with Gasteiger partial charge in [-0.15, -0.1) is 0 Å². The summed E-state index contributed by atoms with van der Waals surface area (Å²) < 4.78 is 5.48. The summed E-state index contributed by atoms with van der Waals surface area (Å²) in [5, 5.41) is 0. The summed E-state index contributed by atoms with van der Waals surface area (Å²) in [5.41, 5.74) is 8.87. The van der Waals surface area contributed by atoms with Crippen molar-refractivity contribution < 1.29 is 4.42 Å². The Morgan fingerprint density at radius 1 is 1.12 bits per heavy atom. The largest absolute Gasteiger partial charge is 0.438 e. The third-order valence-electron chi connectivity index (χ3n) is 2.57. The van der Waals surface area contributed by atoms with Gasteiger partial charge in [0.25, 0.3) is 0 Å².